The van der Waals surface area contributed by atoms with Crippen LogP contribution >= 0.6 is 0 Å². The number of Topliss-reactive ketones (excluding diaryl/α,β-unsaturated/α-hetero) is 1. The van der Waals surface area contributed by atoms with Gasteiger partial charge in [-0.2, -0.15) is 0 Å². The lowest BCUT2D eigenvalue weighted by Gasteiger charge is -2.09. The first-order valence-corrected chi connectivity index (χ1v) is 5.61. The standard InChI is InChI=1S/C13H14O4/c1-2-17-12(15)11(14)9-4-3-5-10(8-9)13(16)6-7-13/h3-5,8,16H,2,6-7H2,1H3. The van der Waals surface area contributed by atoms with E-state index in [-0.39, 0.29) is 12.2 Å². The van der Waals surface area contributed by atoms with Gasteiger partial charge in [0.15, 0.2) is 0 Å². The van der Waals surface area contributed by atoms with E-state index >= 15 is 0 Å². The first-order valence-electron chi connectivity index (χ1n) is 5.61. The van der Waals surface area contributed by atoms with Crippen LogP contribution in [0, 0.1) is 0 Å². The van der Waals surface area contributed by atoms with Crippen molar-refractivity contribution in [1.82, 2.24) is 0 Å². The summed E-state index contributed by atoms with van der Waals surface area (Å²) in [4.78, 5) is 23.0. The number of esters is 1. The Balaban J connectivity index is 2.21. The molecular formula is C13H14O4. The van der Waals surface area contributed by atoms with Gasteiger partial charge >= 0.3 is 5.97 Å². The smallest absolute Gasteiger partial charge is 0.379 e. The molecule has 1 N–H and O–H groups in total. The van der Waals surface area contributed by atoms with Gasteiger partial charge in [0.25, 0.3) is 5.78 Å². The normalized spacial score (nSPS) is 16.4. The number of ketones is 1. The Hall–Kier alpha value is -1.68. The Morgan fingerprint density at radius 2 is 2.12 bits per heavy atom. The van der Waals surface area contributed by atoms with Gasteiger partial charge in [0.2, 0.25) is 0 Å². The van der Waals surface area contributed by atoms with Gasteiger partial charge in [-0.05, 0) is 31.4 Å². The average Bonchev–Trinajstić information content (AvgIpc) is 3.08. The summed E-state index contributed by atoms with van der Waals surface area (Å²) in [6.07, 6.45) is 1.40. The zero-order valence-electron chi connectivity index (χ0n) is 9.60. The van der Waals surface area contributed by atoms with Crippen molar-refractivity contribution in [3.8, 4) is 0 Å². The summed E-state index contributed by atoms with van der Waals surface area (Å²) in [6.45, 7) is 1.82. The molecule has 1 aliphatic rings. The van der Waals surface area contributed by atoms with E-state index in [9.17, 15) is 14.7 Å². The maximum atomic E-state index is 11.7. The molecule has 17 heavy (non-hydrogen) atoms. The minimum Gasteiger partial charge on any atom is -0.460 e. The Morgan fingerprint density at radius 3 is 2.71 bits per heavy atom. The maximum absolute atomic E-state index is 11.7. The third-order valence-electron chi connectivity index (χ3n) is 2.85. The van der Waals surface area contributed by atoms with Crippen LogP contribution in [0.2, 0.25) is 0 Å². The lowest BCUT2D eigenvalue weighted by atomic mass is 10.0. The molecule has 1 aromatic rings. The Kier molecular flexibility index (Phi) is 2.98. The van der Waals surface area contributed by atoms with E-state index in [0.717, 1.165) is 0 Å². The number of hydrogen-bond donors (Lipinski definition) is 1. The molecule has 1 aromatic carbocycles. The summed E-state index contributed by atoms with van der Waals surface area (Å²) in [6, 6.07) is 6.54. The van der Waals surface area contributed by atoms with Crippen molar-refractivity contribution in [2.45, 2.75) is 25.4 Å². The predicted octanol–water partition coefficient (Wildman–Crippen LogP) is 1.41. The fourth-order valence-corrected chi connectivity index (χ4v) is 1.67. The summed E-state index contributed by atoms with van der Waals surface area (Å²) >= 11 is 0. The third-order valence-corrected chi connectivity index (χ3v) is 2.85. The van der Waals surface area contributed by atoms with E-state index in [0.29, 0.717) is 18.4 Å². The van der Waals surface area contributed by atoms with E-state index < -0.39 is 17.4 Å². The molecule has 2 rings (SSSR count). The Bertz CT molecular complexity index is 460. The molecule has 0 aliphatic heterocycles. The molecule has 4 nitrogen and oxygen atoms in total. The molecule has 0 aromatic heterocycles. The first-order chi connectivity index (χ1) is 8.07. The van der Waals surface area contributed by atoms with E-state index in [4.69, 9.17) is 0 Å². The fraction of sp³-hybridized carbons (Fsp3) is 0.385. The van der Waals surface area contributed by atoms with Crippen LogP contribution in [0.3, 0.4) is 0 Å². The molecular weight excluding hydrogens is 220 g/mol. The van der Waals surface area contributed by atoms with Crippen molar-refractivity contribution in [2.75, 3.05) is 6.61 Å². The van der Waals surface area contributed by atoms with Gasteiger partial charge in [-0.15, -0.1) is 0 Å². The predicted molar refractivity (Wildman–Crippen MR) is 60.5 cm³/mol. The molecule has 0 atom stereocenters. The molecule has 0 spiro atoms. The number of carbonyl (C=O) groups excluding carboxylic acids is 2. The third kappa shape index (κ3) is 2.36. The number of benzene rings is 1. The Labute approximate surface area is 99.2 Å². The second-order valence-corrected chi connectivity index (χ2v) is 4.16. The van der Waals surface area contributed by atoms with Gasteiger partial charge in [-0.25, -0.2) is 4.79 Å². The number of rotatable bonds is 4. The second kappa shape index (κ2) is 4.30. The fourth-order valence-electron chi connectivity index (χ4n) is 1.67. The van der Waals surface area contributed by atoms with Crippen LogP contribution in [0.1, 0.15) is 35.7 Å². The minimum atomic E-state index is -0.854. The lowest BCUT2D eigenvalue weighted by molar-refractivity contribution is -0.137. The quantitative estimate of drug-likeness (QED) is 0.486. The van der Waals surface area contributed by atoms with Crippen LogP contribution in [-0.2, 0) is 15.1 Å². The summed E-state index contributed by atoms with van der Waals surface area (Å²) in [7, 11) is 0. The maximum Gasteiger partial charge on any atom is 0.379 e. The zero-order valence-corrected chi connectivity index (χ0v) is 9.60. The molecule has 1 fully saturated rings. The van der Waals surface area contributed by atoms with E-state index in [2.05, 4.69) is 4.74 Å². The van der Waals surface area contributed by atoms with Crippen molar-refractivity contribution in [1.29, 1.82) is 0 Å². The topological polar surface area (TPSA) is 63.6 Å². The van der Waals surface area contributed by atoms with Crippen LogP contribution < -0.4 is 0 Å². The molecule has 1 saturated carbocycles. The van der Waals surface area contributed by atoms with Crippen molar-refractivity contribution in [2.24, 2.45) is 0 Å². The average molecular weight is 234 g/mol. The number of aliphatic hydroxyl groups is 1. The summed E-state index contributed by atoms with van der Waals surface area (Å²) in [5, 5.41) is 9.92. The summed E-state index contributed by atoms with van der Waals surface area (Å²) in [5.74, 6) is -1.52. The number of carbonyl (C=O) groups is 2. The molecule has 90 valence electrons. The van der Waals surface area contributed by atoms with Crippen LogP contribution in [0.5, 0.6) is 0 Å². The molecule has 1 aliphatic carbocycles. The molecule has 0 saturated heterocycles. The van der Waals surface area contributed by atoms with Gasteiger partial charge in [0, 0.05) is 5.56 Å². The summed E-state index contributed by atoms with van der Waals surface area (Å²) < 4.78 is 4.65. The van der Waals surface area contributed by atoms with Gasteiger partial charge in [-0.3, -0.25) is 4.79 Å². The van der Waals surface area contributed by atoms with E-state index in [1.165, 1.54) is 0 Å². The van der Waals surface area contributed by atoms with E-state index in [1.807, 2.05) is 0 Å². The van der Waals surface area contributed by atoms with E-state index in [1.54, 1.807) is 31.2 Å². The van der Waals surface area contributed by atoms with Gasteiger partial charge in [0.1, 0.15) is 0 Å². The molecule has 0 amide bonds. The summed E-state index contributed by atoms with van der Waals surface area (Å²) in [5.41, 5.74) is 0.152. The van der Waals surface area contributed by atoms with Gasteiger partial charge in [0.05, 0.1) is 12.2 Å². The molecule has 0 heterocycles. The van der Waals surface area contributed by atoms with Crippen molar-refractivity contribution in [3.05, 3.63) is 35.4 Å². The second-order valence-electron chi connectivity index (χ2n) is 4.16. The molecule has 0 unspecified atom stereocenters. The highest BCUT2D eigenvalue weighted by molar-refractivity contribution is 6.40. The van der Waals surface area contributed by atoms with Gasteiger partial charge < -0.3 is 9.84 Å². The van der Waals surface area contributed by atoms with Gasteiger partial charge in [-0.1, -0.05) is 18.2 Å². The highest BCUT2D eigenvalue weighted by Gasteiger charge is 2.42. The molecule has 0 radical (unpaired) electrons. The van der Waals surface area contributed by atoms with Crippen LogP contribution in [0.15, 0.2) is 24.3 Å². The lowest BCUT2D eigenvalue weighted by Crippen LogP contribution is -2.18. The number of hydrogen-bond acceptors (Lipinski definition) is 4. The minimum absolute atomic E-state index is 0.175. The van der Waals surface area contributed by atoms with Crippen LogP contribution in [0.4, 0.5) is 0 Å². The van der Waals surface area contributed by atoms with Crippen molar-refractivity contribution in [3.63, 3.8) is 0 Å². The highest BCUT2D eigenvalue weighted by atomic mass is 16.5. The Morgan fingerprint density at radius 1 is 1.41 bits per heavy atom. The SMILES string of the molecule is CCOC(=O)C(=O)c1cccc(C2(O)CC2)c1. The highest BCUT2D eigenvalue weighted by Crippen LogP contribution is 2.45. The van der Waals surface area contributed by atoms with Crippen molar-refractivity contribution >= 4 is 11.8 Å². The molecule has 4 heteroatoms. The zero-order chi connectivity index (χ0) is 12.5. The first kappa shape index (κ1) is 11.8. The van der Waals surface area contributed by atoms with Crippen molar-refractivity contribution < 1.29 is 19.4 Å². The van der Waals surface area contributed by atoms with Crippen LogP contribution in [0.25, 0.3) is 0 Å². The molecule has 0 bridgehead atoms. The largest absolute Gasteiger partial charge is 0.460 e. The monoisotopic (exact) mass is 234 g/mol. The van der Waals surface area contributed by atoms with Crippen LogP contribution in [-0.4, -0.2) is 23.5 Å². The number of ether oxygens (including phenoxy) is 1.